The summed E-state index contributed by atoms with van der Waals surface area (Å²) >= 11 is 0. The third-order valence-electron chi connectivity index (χ3n) is 8.16. The van der Waals surface area contributed by atoms with Crippen LogP contribution in [0.25, 0.3) is 0 Å². The Balaban J connectivity index is 1.32. The molecule has 0 radical (unpaired) electrons. The van der Waals surface area contributed by atoms with Crippen LogP contribution in [0.5, 0.6) is 11.5 Å². The number of likely N-dealkylation sites (tertiary alicyclic amines) is 1. The molecule has 1 N–H and O–H groups in total. The van der Waals surface area contributed by atoms with E-state index >= 15 is 0 Å². The van der Waals surface area contributed by atoms with Crippen LogP contribution in [-0.2, 0) is 16.0 Å². The number of likely N-dealkylation sites (N-methyl/N-ethyl adjacent to an activating group) is 1. The van der Waals surface area contributed by atoms with Crippen molar-refractivity contribution in [2.75, 3.05) is 26.7 Å². The molecular weight excluding hydrogens is 516 g/mol. The van der Waals surface area contributed by atoms with E-state index in [9.17, 15) is 14.4 Å². The van der Waals surface area contributed by atoms with Crippen LogP contribution in [0.2, 0.25) is 0 Å². The number of hydrogen-bond acceptors (Lipinski definition) is 4. The molecule has 0 aliphatic carbocycles. The lowest BCUT2D eigenvalue weighted by Crippen LogP contribution is -2.52. The number of nitrogens with one attached hydrogen (secondary N) is 1. The molecule has 210 valence electrons. The first-order chi connectivity index (χ1) is 20.0. The predicted molar refractivity (Wildman–Crippen MR) is 155 cm³/mol. The van der Waals surface area contributed by atoms with E-state index < -0.39 is 12.1 Å². The van der Waals surface area contributed by atoms with Gasteiger partial charge in [-0.2, -0.15) is 0 Å². The fourth-order valence-corrected chi connectivity index (χ4v) is 5.97. The Kier molecular flexibility index (Phi) is 7.46. The highest BCUT2D eigenvalue weighted by atomic mass is 16.5. The normalized spacial score (nSPS) is 19.6. The maximum absolute atomic E-state index is 14.3. The first-order valence-electron chi connectivity index (χ1n) is 14.2. The fourth-order valence-electron chi connectivity index (χ4n) is 5.97. The van der Waals surface area contributed by atoms with Crippen LogP contribution in [0.4, 0.5) is 4.79 Å². The molecule has 1 saturated heterocycles. The topological polar surface area (TPSA) is 82.2 Å². The molecule has 41 heavy (non-hydrogen) atoms. The van der Waals surface area contributed by atoms with Crippen molar-refractivity contribution in [3.05, 3.63) is 107 Å². The summed E-state index contributed by atoms with van der Waals surface area (Å²) in [4.78, 5) is 46.4. The summed E-state index contributed by atoms with van der Waals surface area (Å²) in [5.74, 6) is 1.05. The lowest BCUT2D eigenvalue weighted by molar-refractivity contribution is -0.143. The number of ether oxygens (including phenoxy) is 1. The lowest BCUT2D eigenvalue weighted by atomic mass is 9.95. The van der Waals surface area contributed by atoms with Crippen LogP contribution in [-0.4, -0.2) is 65.3 Å². The first-order valence-corrected chi connectivity index (χ1v) is 14.2. The predicted octanol–water partition coefficient (Wildman–Crippen LogP) is 4.90. The molecule has 3 aromatic carbocycles. The molecule has 0 saturated carbocycles. The minimum Gasteiger partial charge on any atom is -0.457 e. The van der Waals surface area contributed by atoms with Gasteiger partial charge in [-0.1, -0.05) is 60.7 Å². The second kappa shape index (κ2) is 11.5. The van der Waals surface area contributed by atoms with Crippen molar-refractivity contribution >= 4 is 17.8 Å². The van der Waals surface area contributed by atoms with Gasteiger partial charge in [0.15, 0.2) is 0 Å². The van der Waals surface area contributed by atoms with Crippen LogP contribution in [0, 0.1) is 0 Å². The maximum Gasteiger partial charge on any atom is 0.322 e. The molecule has 0 spiro atoms. The maximum atomic E-state index is 14.3. The van der Waals surface area contributed by atoms with Gasteiger partial charge in [-0.25, -0.2) is 4.79 Å². The molecule has 4 amide bonds. The molecule has 0 aromatic heterocycles. The SMILES string of the molecule is CN1C(=O)NC(c2cccc(Oc3ccccc3)c2)C2=C1CN(C(Cc1ccccc1)C(=O)N1CCCCC1)C2=O. The van der Waals surface area contributed by atoms with Crippen molar-refractivity contribution in [2.24, 2.45) is 0 Å². The molecular formula is C33H34N4O4. The summed E-state index contributed by atoms with van der Waals surface area (Å²) in [5.41, 5.74) is 2.85. The average molecular weight is 551 g/mol. The number of benzene rings is 3. The molecule has 6 rings (SSSR count). The molecule has 0 bridgehead atoms. The van der Waals surface area contributed by atoms with E-state index in [0.717, 1.165) is 30.4 Å². The van der Waals surface area contributed by atoms with Gasteiger partial charge in [-0.15, -0.1) is 0 Å². The Morgan fingerprint density at radius 3 is 2.32 bits per heavy atom. The Morgan fingerprint density at radius 1 is 0.902 bits per heavy atom. The number of rotatable bonds is 7. The minimum absolute atomic E-state index is 0.0292. The van der Waals surface area contributed by atoms with Crippen molar-refractivity contribution in [3.63, 3.8) is 0 Å². The van der Waals surface area contributed by atoms with Crippen LogP contribution < -0.4 is 10.1 Å². The second-order valence-electron chi connectivity index (χ2n) is 10.8. The number of nitrogens with zero attached hydrogens (tertiary/aromatic N) is 3. The molecule has 3 heterocycles. The monoisotopic (exact) mass is 550 g/mol. The van der Waals surface area contributed by atoms with Gasteiger partial charge in [-0.3, -0.25) is 14.5 Å². The Hall–Kier alpha value is -4.59. The van der Waals surface area contributed by atoms with Crippen LogP contribution in [0.15, 0.2) is 96.2 Å². The molecule has 1 fully saturated rings. The van der Waals surface area contributed by atoms with Crippen molar-refractivity contribution in [1.82, 2.24) is 20.0 Å². The number of piperidine rings is 1. The third-order valence-corrected chi connectivity index (χ3v) is 8.16. The van der Waals surface area contributed by atoms with Gasteiger partial charge in [0.25, 0.3) is 5.91 Å². The highest BCUT2D eigenvalue weighted by Crippen LogP contribution is 2.38. The second-order valence-corrected chi connectivity index (χ2v) is 10.8. The summed E-state index contributed by atoms with van der Waals surface area (Å²) in [6, 6.07) is 25.1. The standard InChI is InChI=1S/C33H34N4O4/c1-35-28-22-37(27(20-23-12-5-2-6-13-23)31(38)36-18-9-4-10-19-36)32(39)29(28)30(34-33(35)40)24-14-11-17-26(21-24)41-25-15-7-3-8-16-25/h2-3,5-8,11-17,21,27,30H,4,9-10,18-20,22H2,1H3,(H,34,40). The van der Waals surface area contributed by atoms with Crippen LogP contribution in [0.3, 0.4) is 0 Å². The number of hydrogen-bond donors (Lipinski definition) is 1. The first kappa shape index (κ1) is 26.6. The van der Waals surface area contributed by atoms with Crippen molar-refractivity contribution in [2.45, 2.75) is 37.8 Å². The zero-order chi connectivity index (χ0) is 28.3. The lowest BCUT2D eigenvalue weighted by Gasteiger charge is -2.35. The van der Waals surface area contributed by atoms with Crippen molar-refractivity contribution < 1.29 is 19.1 Å². The van der Waals surface area contributed by atoms with Gasteiger partial charge in [0.1, 0.15) is 17.5 Å². The third kappa shape index (κ3) is 5.42. The molecule has 2 unspecified atom stereocenters. The van der Waals surface area contributed by atoms with E-state index in [1.54, 1.807) is 11.9 Å². The number of urea groups is 1. The summed E-state index contributed by atoms with van der Waals surface area (Å²) < 4.78 is 6.04. The number of para-hydroxylation sites is 1. The van der Waals surface area contributed by atoms with E-state index in [1.165, 1.54) is 4.90 Å². The molecule has 8 heteroatoms. The van der Waals surface area contributed by atoms with E-state index in [-0.39, 0.29) is 24.4 Å². The molecule has 3 aromatic rings. The van der Waals surface area contributed by atoms with Gasteiger partial charge in [0.2, 0.25) is 5.91 Å². The van der Waals surface area contributed by atoms with Gasteiger partial charge >= 0.3 is 6.03 Å². The van der Waals surface area contributed by atoms with E-state index in [0.29, 0.717) is 42.3 Å². The molecule has 2 atom stereocenters. The molecule has 3 aliphatic heterocycles. The number of carbonyl (C=O) groups excluding carboxylic acids is 3. The highest BCUT2D eigenvalue weighted by Gasteiger charge is 2.47. The van der Waals surface area contributed by atoms with Gasteiger partial charge < -0.3 is 19.9 Å². The Bertz CT molecular complexity index is 1470. The van der Waals surface area contributed by atoms with Crippen molar-refractivity contribution in [1.29, 1.82) is 0 Å². The zero-order valence-corrected chi connectivity index (χ0v) is 23.2. The largest absolute Gasteiger partial charge is 0.457 e. The Morgan fingerprint density at radius 2 is 1.59 bits per heavy atom. The summed E-state index contributed by atoms with van der Waals surface area (Å²) in [6.45, 7) is 1.61. The minimum atomic E-state index is -0.662. The summed E-state index contributed by atoms with van der Waals surface area (Å²) in [7, 11) is 1.67. The zero-order valence-electron chi connectivity index (χ0n) is 23.2. The van der Waals surface area contributed by atoms with E-state index in [4.69, 9.17) is 4.74 Å². The van der Waals surface area contributed by atoms with Gasteiger partial charge in [-0.05, 0) is 54.7 Å². The number of carbonyl (C=O) groups is 3. The quantitative estimate of drug-likeness (QED) is 0.454. The van der Waals surface area contributed by atoms with Crippen LogP contribution >= 0.6 is 0 Å². The van der Waals surface area contributed by atoms with Gasteiger partial charge in [0.05, 0.1) is 23.9 Å². The smallest absolute Gasteiger partial charge is 0.322 e. The average Bonchev–Trinajstić information content (AvgIpc) is 3.36. The fraction of sp³-hybridized carbons (Fsp3) is 0.303. The van der Waals surface area contributed by atoms with E-state index in [1.807, 2.05) is 89.8 Å². The van der Waals surface area contributed by atoms with Gasteiger partial charge in [0, 0.05) is 26.6 Å². The molecule has 3 aliphatic rings. The number of amides is 4. The molecule has 8 nitrogen and oxygen atoms in total. The Labute approximate surface area is 240 Å². The van der Waals surface area contributed by atoms with Crippen molar-refractivity contribution in [3.8, 4) is 11.5 Å². The van der Waals surface area contributed by atoms with Crippen LogP contribution in [0.1, 0.15) is 36.4 Å². The highest BCUT2D eigenvalue weighted by molar-refractivity contribution is 6.03. The summed E-state index contributed by atoms with van der Waals surface area (Å²) in [6.07, 6.45) is 3.46. The van der Waals surface area contributed by atoms with E-state index in [2.05, 4.69) is 5.32 Å². The summed E-state index contributed by atoms with van der Waals surface area (Å²) in [5, 5.41) is 3.01.